The van der Waals surface area contributed by atoms with Gasteiger partial charge in [-0.15, -0.1) is 6.58 Å². The van der Waals surface area contributed by atoms with Gasteiger partial charge in [-0.25, -0.2) is 4.98 Å². The zero-order valence-electron chi connectivity index (χ0n) is 12.0. The average Bonchev–Trinajstić information content (AvgIpc) is 2.56. The van der Waals surface area contributed by atoms with Crippen molar-refractivity contribution in [2.75, 3.05) is 11.9 Å². The Labute approximate surface area is 143 Å². The Kier molecular flexibility index (Phi) is 5.73. The van der Waals surface area contributed by atoms with E-state index in [1.54, 1.807) is 24.3 Å². The molecule has 0 aliphatic heterocycles. The van der Waals surface area contributed by atoms with Crippen LogP contribution in [-0.2, 0) is 0 Å². The van der Waals surface area contributed by atoms with E-state index >= 15 is 0 Å². The lowest BCUT2D eigenvalue weighted by molar-refractivity contribution is 0.0953. The number of aromatic nitrogens is 1. The number of carbonyl (C=O) groups excluding carboxylic acids is 2. The van der Waals surface area contributed by atoms with Gasteiger partial charge in [0.25, 0.3) is 11.8 Å². The maximum atomic E-state index is 12.2. The fourth-order valence-electron chi connectivity index (χ4n) is 1.72. The summed E-state index contributed by atoms with van der Waals surface area (Å²) in [4.78, 5) is 28.1. The molecule has 1 aromatic heterocycles. The van der Waals surface area contributed by atoms with Crippen LogP contribution in [0.15, 0.2) is 49.1 Å². The number of amides is 2. The van der Waals surface area contributed by atoms with Crippen molar-refractivity contribution in [2.45, 2.75) is 0 Å². The molecule has 0 aliphatic carbocycles. The minimum absolute atomic E-state index is 0.0901. The van der Waals surface area contributed by atoms with Gasteiger partial charge in [0, 0.05) is 11.6 Å². The second-order valence-electron chi connectivity index (χ2n) is 4.49. The van der Waals surface area contributed by atoms with E-state index in [1.165, 1.54) is 18.2 Å². The van der Waals surface area contributed by atoms with E-state index in [2.05, 4.69) is 22.2 Å². The summed E-state index contributed by atoms with van der Waals surface area (Å²) in [6, 6.07) is 9.31. The Morgan fingerprint density at radius 1 is 1.13 bits per heavy atom. The number of anilines is 1. The highest BCUT2D eigenvalue weighted by Gasteiger charge is 2.13. The molecule has 0 bridgehead atoms. The van der Waals surface area contributed by atoms with E-state index in [1.807, 2.05) is 0 Å². The van der Waals surface area contributed by atoms with Crippen LogP contribution in [0.25, 0.3) is 0 Å². The molecule has 0 atom stereocenters. The first kappa shape index (κ1) is 17.0. The Balaban J connectivity index is 2.18. The molecule has 5 nitrogen and oxygen atoms in total. The van der Waals surface area contributed by atoms with Gasteiger partial charge >= 0.3 is 0 Å². The number of benzene rings is 1. The van der Waals surface area contributed by atoms with Gasteiger partial charge in [-0.3, -0.25) is 9.59 Å². The lowest BCUT2D eigenvalue weighted by atomic mass is 10.2. The quantitative estimate of drug-likeness (QED) is 0.810. The molecule has 0 fully saturated rings. The van der Waals surface area contributed by atoms with Crippen molar-refractivity contribution in [1.82, 2.24) is 10.3 Å². The van der Waals surface area contributed by atoms with Gasteiger partial charge < -0.3 is 10.6 Å². The van der Waals surface area contributed by atoms with Gasteiger partial charge in [-0.05, 0) is 30.3 Å². The van der Waals surface area contributed by atoms with Crippen molar-refractivity contribution in [2.24, 2.45) is 0 Å². The molecule has 0 radical (unpaired) electrons. The predicted molar refractivity (Wildman–Crippen MR) is 91.2 cm³/mol. The minimum Gasteiger partial charge on any atom is -0.347 e. The molecule has 23 heavy (non-hydrogen) atoms. The Morgan fingerprint density at radius 2 is 1.83 bits per heavy atom. The molecule has 0 saturated carbocycles. The highest BCUT2D eigenvalue weighted by atomic mass is 35.5. The number of pyridine rings is 1. The predicted octanol–water partition coefficient (Wildman–Crippen LogP) is 3.56. The molecule has 0 aliphatic rings. The van der Waals surface area contributed by atoms with Crippen LogP contribution in [0, 0.1) is 0 Å². The fraction of sp³-hybridized carbons (Fsp3) is 0.0625. The number of nitrogens with one attached hydrogen (secondary N) is 2. The van der Waals surface area contributed by atoms with Gasteiger partial charge in [0.05, 0.1) is 10.7 Å². The molecular formula is C16H13Cl2N3O2. The summed E-state index contributed by atoms with van der Waals surface area (Å²) in [5.74, 6) is -0.882. The SMILES string of the molecule is C=CCNC(=O)c1cccc(C(=O)Nc2cc(Cl)ccc2Cl)n1. The van der Waals surface area contributed by atoms with E-state index in [9.17, 15) is 9.59 Å². The number of carbonyl (C=O) groups is 2. The van der Waals surface area contributed by atoms with E-state index in [-0.39, 0.29) is 17.3 Å². The standard InChI is InChI=1S/C16H13Cl2N3O2/c1-2-8-19-15(22)12-4-3-5-13(20-12)16(23)21-14-9-10(17)6-7-11(14)18/h2-7,9H,1,8H2,(H,19,22)(H,21,23). The third kappa shape index (κ3) is 4.55. The summed E-state index contributed by atoms with van der Waals surface area (Å²) in [5, 5.41) is 5.99. The van der Waals surface area contributed by atoms with Gasteiger partial charge in [0.2, 0.25) is 0 Å². The van der Waals surface area contributed by atoms with Crippen LogP contribution in [-0.4, -0.2) is 23.3 Å². The van der Waals surface area contributed by atoms with Crippen LogP contribution >= 0.6 is 23.2 Å². The van der Waals surface area contributed by atoms with E-state index in [4.69, 9.17) is 23.2 Å². The molecule has 0 unspecified atom stereocenters. The maximum Gasteiger partial charge on any atom is 0.274 e. The lowest BCUT2D eigenvalue weighted by Crippen LogP contribution is -2.25. The third-order valence-corrected chi connectivity index (χ3v) is 3.36. The summed E-state index contributed by atoms with van der Waals surface area (Å²) in [7, 11) is 0. The second-order valence-corrected chi connectivity index (χ2v) is 5.33. The normalized spacial score (nSPS) is 10.0. The smallest absolute Gasteiger partial charge is 0.274 e. The second kappa shape index (κ2) is 7.76. The Morgan fingerprint density at radius 3 is 2.52 bits per heavy atom. The van der Waals surface area contributed by atoms with Crippen molar-refractivity contribution < 1.29 is 9.59 Å². The van der Waals surface area contributed by atoms with Gasteiger partial charge in [-0.1, -0.05) is 35.3 Å². The Bertz CT molecular complexity index is 763. The average molecular weight is 350 g/mol. The van der Waals surface area contributed by atoms with Crippen molar-refractivity contribution in [3.05, 3.63) is 70.5 Å². The largest absolute Gasteiger partial charge is 0.347 e. The summed E-state index contributed by atoms with van der Waals surface area (Å²) in [5.41, 5.74) is 0.594. The minimum atomic E-state index is -0.493. The summed E-state index contributed by atoms with van der Waals surface area (Å²) in [6.07, 6.45) is 1.55. The number of halogens is 2. The molecule has 118 valence electrons. The van der Waals surface area contributed by atoms with Crippen molar-refractivity contribution in [3.8, 4) is 0 Å². The lowest BCUT2D eigenvalue weighted by Gasteiger charge is -2.08. The molecule has 0 saturated heterocycles. The molecule has 2 amide bonds. The van der Waals surface area contributed by atoms with Crippen molar-refractivity contribution in [3.63, 3.8) is 0 Å². The molecular weight excluding hydrogens is 337 g/mol. The van der Waals surface area contributed by atoms with Gasteiger partial charge in [0.1, 0.15) is 11.4 Å². The molecule has 0 spiro atoms. The summed E-state index contributed by atoms with van der Waals surface area (Å²) in [6.45, 7) is 3.83. The number of rotatable bonds is 5. The molecule has 1 heterocycles. The van der Waals surface area contributed by atoms with E-state index < -0.39 is 5.91 Å². The zero-order chi connectivity index (χ0) is 16.8. The monoisotopic (exact) mass is 349 g/mol. The summed E-state index contributed by atoms with van der Waals surface area (Å²) >= 11 is 11.9. The number of hydrogen-bond acceptors (Lipinski definition) is 3. The number of hydrogen-bond donors (Lipinski definition) is 2. The van der Waals surface area contributed by atoms with Crippen molar-refractivity contribution >= 4 is 40.7 Å². The number of nitrogens with zero attached hydrogens (tertiary/aromatic N) is 1. The van der Waals surface area contributed by atoms with Crippen LogP contribution < -0.4 is 10.6 Å². The van der Waals surface area contributed by atoms with E-state index in [0.717, 1.165) is 0 Å². The highest BCUT2D eigenvalue weighted by molar-refractivity contribution is 6.35. The molecule has 2 rings (SSSR count). The van der Waals surface area contributed by atoms with Gasteiger partial charge in [-0.2, -0.15) is 0 Å². The molecule has 2 N–H and O–H groups in total. The zero-order valence-corrected chi connectivity index (χ0v) is 13.5. The fourth-order valence-corrected chi connectivity index (χ4v) is 2.06. The van der Waals surface area contributed by atoms with E-state index in [0.29, 0.717) is 22.3 Å². The first-order valence-corrected chi connectivity index (χ1v) is 7.39. The topological polar surface area (TPSA) is 71.1 Å². The first-order chi connectivity index (χ1) is 11.0. The van der Waals surface area contributed by atoms with Crippen LogP contribution in [0.1, 0.15) is 21.0 Å². The van der Waals surface area contributed by atoms with Crippen LogP contribution in [0.4, 0.5) is 5.69 Å². The highest BCUT2D eigenvalue weighted by Crippen LogP contribution is 2.25. The van der Waals surface area contributed by atoms with Crippen LogP contribution in [0.5, 0.6) is 0 Å². The molecule has 1 aromatic carbocycles. The molecule has 2 aromatic rings. The van der Waals surface area contributed by atoms with Gasteiger partial charge in [0.15, 0.2) is 0 Å². The van der Waals surface area contributed by atoms with Crippen molar-refractivity contribution in [1.29, 1.82) is 0 Å². The van der Waals surface area contributed by atoms with Crippen LogP contribution in [0.2, 0.25) is 10.0 Å². The summed E-state index contributed by atoms with van der Waals surface area (Å²) < 4.78 is 0. The maximum absolute atomic E-state index is 12.2. The first-order valence-electron chi connectivity index (χ1n) is 6.64. The van der Waals surface area contributed by atoms with Crippen LogP contribution in [0.3, 0.4) is 0 Å². The third-order valence-electron chi connectivity index (χ3n) is 2.80. The molecule has 7 heteroatoms. The Hall–Kier alpha value is -2.37.